The van der Waals surface area contributed by atoms with Crippen molar-refractivity contribution in [3.63, 3.8) is 0 Å². The number of carbonyl (C=O) groups excluding carboxylic acids is 1. The Labute approximate surface area is 130 Å². The minimum Gasteiger partial charge on any atom is -0.299 e. The Morgan fingerprint density at radius 2 is 2.19 bits per heavy atom. The summed E-state index contributed by atoms with van der Waals surface area (Å²) < 4.78 is 1.84. The van der Waals surface area contributed by atoms with Crippen LogP contribution in [0.15, 0.2) is 24.5 Å². The molecule has 21 heavy (non-hydrogen) atoms. The summed E-state index contributed by atoms with van der Waals surface area (Å²) >= 11 is 6.32. The fourth-order valence-corrected chi connectivity index (χ4v) is 2.63. The molecule has 112 valence electrons. The maximum atomic E-state index is 12.2. The van der Waals surface area contributed by atoms with Crippen molar-refractivity contribution in [1.29, 1.82) is 0 Å². The van der Waals surface area contributed by atoms with E-state index in [2.05, 4.69) is 10.1 Å². The lowest BCUT2D eigenvalue weighted by atomic mass is 10.1. The fraction of sp³-hybridized carbons (Fsp3) is 0.438. The van der Waals surface area contributed by atoms with Crippen LogP contribution < -0.4 is 0 Å². The summed E-state index contributed by atoms with van der Waals surface area (Å²) in [5, 5.41) is 5.09. The van der Waals surface area contributed by atoms with Crippen molar-refractivity contribution in [2.45, 2.75) is 46.1 Å². The van der Waals surface area contributed by atoms with Gasteiger partial charge >= 0.3 is 0 Å². The third-order valence-corrected chi connectivity index (χ3v) is 3.91. The van der Waals surface area contributed by atoms with Crippen LogP contribution in [-0.4, -0.2) is 20.5 Å². The van der Waals surface area contributed by atoms with E-state index in [-0.39, 0.29) is 5.78 Å². The average Bonchev–Trinajstić information content (AvgIpc) is 2.82. The smallest absolute Gasteiger partial charge is 0.139 e. The zero-order valence-corrected chi connectivity index (χ0v) is 13.2. The summed E-state index contributed by atoms with van der Waals surface area (Å²) in [5.41, 5.74) is 2.79. The molecule has 0 aliphatic heterocycles. The van der Waals surface area contributed by atoms with E-state index in [0.717, 1.165) is 29.9 Å². The first-order valence-electron chi connectivity index (χ1n) is 7.30. The van der Waals surface area contributed by atoms with Gasteiger partial charge in [-0.15, -0.1) is 0 Å². The molecular weight excluding hydrogens is 286 g/mol. The Bertz CT molecular complexity index is 607. The predicted octanol–water partition coefficient (Wildman–Crippen LogP) is 3.26. The molecule has 0 N–H and O–H groups in total. The second-order valence-electron chi connectivity index (χ2n) is 4.95. The molecule has 2 heterocycles. The minimum atomic E-state index is 0.179. The lowest BCUT2D eigenvalue weighted by Crippen LogP contribution is -2.10. The Hall–Kier alpha value is -1.68. The third-order valence-electron chi connectivity index (χ3n) is 3.47. The van der Waals surface area contributed by atoms with E-state index in [1.807, 2.05) is 30.7 Å². The van der Waals surface area contributed by atoms with Crippen molar-refractivity contribution in [2.24, 2.45) is 0 Å². The number of aromatic nitrogens is 3. The van der Waals surface area contributed by atoms with Gasteiger partial charge in [0.1, 0.15) is 5.78 Å². The van der Waals surface area contributed by atoms with Gasteiger partial charge in [0.2, 0.25) is 0 Å². The maximum Gasteiger partial charge on any atom is 0.139 e. The highest BCUT2D eigenvalue weighted by atomic mass is 35.5. The van der Waals surface area contributed by atoms with Crippen molar-refractivity contribution < 1.29 is 4.79 Å². The maximum absolute atomic E-state index is 12.2. The van der Waals surface area contributed by atoms with Gasteiger partial charge < -0.3 is 0 Å². The SMILES string of the molecule is CCc1nn(CC)c(CC(=O)CCc2cccnc2)c1Cl. The molecule has 0 aromatic carbocycles. The molecule has 0 spiro atoms. The number of hydrogen-bond donors (Lipinski definition) is 0. The number of aryl methyl sites for hydroxylation is 3. The normalized spacial score (nSPS) is 10.8. The summed E-state index contributed by atoms with van der Waals surface area (Å²) in [6.45, 7) is 4.75. The van der Waals surface area contributed by atoms with Crippen LogP contribution in [-0.2, 0) is 30.6 Å². The van der Waals surface area contributed by atoms with Gasteiger partial charge in [0, 0.05) is 31.8 Å². The van der Waals surface area contributed by atoms with Gasteiger partial charge in [-0.1, -0.05) is 24.6 Å². The molecule has 5 heteroatoms. The van der Waals surface area contributed by atoms with Crippen LogP contribution in [0, 0.1) is 0 Å². The van der Waals surface area contributed by atoms with E-state index >= 15 is 0 Å². The number of rotatable bonds is 7. The molecule has 0 saturated carbocycles. The number of pyridine rings is 1. The number of nitrogens with zero attached hydrogens (tertiary/aromatic N) is 3. The lowest BCUT2D eigenvalue weighted by Gasteiger charge is -2.05. The van der Waals surface area contributed by atoms with Gasteiger partial charge in [0.05, 0.1) is 16.4 Å². The van der Waals surface area contributed by atoms with Crippen LogP contribution in [0.1, 0.15) is 37.2 Å². The predicted molar refractivity (Wildman–Crippen MR) is 83.6 cm³/mol. The number of Topliss-reactive ketones (excluding diaryl/α,β-unsaturated/α-hetero) is 1. The van der Waals surface area contributed by atoms with E-state index in [1.54, 1.807) is 12.4 Å². The Morgan fingerprint density at radius 1 is 1.38 bits per heavy atom. The Balaban J connectivity index is 2.01. The van der Waals surface area contributed by atoms with Crippen LogP contribution in [0.2, 0.25) is 5.02 Å². The second kappa shape index (κ2) is 7.36. The monoisotopic (exact) mass is 305 g/mol. The molecule has 0 bridgehead atoms. The number of hydrogen-bond acceptors (Lipinski definition) is 3. The van der Waals surface area contributed by atoms with E-state index in [1.165, 1.54) is 0 Å². The second-order valence-corrected chi connectivity index (χ2v) is 5.33. The summed E-state index contributed by atoms with van der Waals surface area (Å²) in [5.74, 6) is 0.179. The standard InChI is InChI=1S/C16H20ClN3O/c1-3-14-16(17)15(20(4-2)19-14)10-13(21)8-7-12-6-5-9-18-11-12/h5-6,9,11H,3-4,7-8,10H2,1-2H3. The Morgan fingerprint density at radius 3 is 2.81 bits per heavy atom. The zero-order valence-electron chi connectivity index (χ0n) is 12.5. The number of ketones is 1. The summed E-state index contributed by atoms with van der Waals surface area (Å²) in [4.78, 5) is 16.2. The van der Waals surface area contributed by atoms with Gasteiger partial charge in [-0.3, -0.25) is 14.5 Å². The highest BCUT2D eigenvalue weighted by molar-refractivity contribution is 6.32. The van der Waals surface area contributed by atoms with Gasteiger partial charge in [-0.25, -0.2) is 0 Å². The van der Waals surface area contributed by atoms with Gasteiger partial charge in [0.15, 0.2) is 0 Å². The summed E-state index contributed by atoms with van der Waals surface area (Å²) in [7, 11) is 0. The number of halogens is 1. The van der Waals surface area contributed by atoms with Crippen LogP contribution in [0.25, 0.3) is 0 Å². The highest BCUT2D eigenvalue weighted by Crippen LogP contribution is 2.22. The van der Waals surface area contributed by atoms with E-state index in [0.29, 0.717) is 24.3 Å². The van der Waals surface area contributed by atoms with Gasteiger partial charge in [-0.05, 0) is 31.4 Å². The molecule has 0 radical (unpaired) electrons. The van der Waals surface area contributed by atoms with Crippen LogP contribution in [0.5, 0.6) is 0 Å². The molecule has 2 aromatic rings. The summed E-state index contributed by atoms with van der Waals surface area (Å²) in [6.07, 6.45) is 5.87. The Kier molecular flexibility index (Phi) is 5.51. The fourth-order valence-electron chi connectivity index (χ4n) is 2.29. The van der Waals surface area contributed by atoms with E-state index in [4.69, 9.17) is 11.6 Å². The molecular formula is C16H20ClN3O. The van der Waals surface area contributed by atoms with Crippen LogP contribution >= 0.6 is 11.6 Å². The molecule has 4 nitrogen and oxygen atoms in total. The molecule has 0 atom stereocenters. The molecule has 0 unspecified atom stereocenters. The molecule has 0 amide bonds. The molecule has 2 rings (SSSR count). The first-order valence-corrected chi connectivity index (χ1v) is 7.68. The van der Waals surface area contributed by atoms with Crippen molar-refractivity contribution in [1.82, 2.24) is 14.8 Å². The zero-order chi connectivity index (χ0) is 15.2. The lowest BCUT2D eigenvalue weighted by molar-refractivity contribution is -0.118. The number of carbonyl (C=O) groups is 1. The molecule has 0 aliphatic rings. The summed E-state index contributed by atoms with van der Waals surface area (Å²) in [6, 6.07) is 3.87. The first kappa shape index (κ1) is 15.7. The van der Waals surface area contributed by atoms with E-state index in [9.17, 15) is 4.79 Å². The van der Waals surface area contributed by atoms with Crippen molar-refractivity contribution in [3.05, 3.63) is 46.5 Å². The minimum absolute atomic E-state index is 0.179. The van der Waals surface area contributed by atoms with Crippen LogP contribution in [0.3, 0.4) is 0 Å². The third kappa shape index (κ3) is 3.91. The molecule has 0 fully saturated rings. The topological polar surface area (TPSA) is 47.8 Å². The first-order chi connectivity index (χ1) is 10.2. The quantitative estimate of drug-likeness (QED) is 0.789. The molecule has 0 aliphatic carbocycles. The van der Waals surface area contributed by atoms with Crippen molar-refractivity contribution in [3.8, 4) is 0 Å². The van der Waals surface area contributed by atoms with Crippen molar-refractivity contribution >= 4 is 17.4 Å². The van der Waals surface area contributed by atoms with Crippen molar-refractivity contribution in [2.75, 3.05) is 0 Å². The molecule has 2 aromatic heterocycles. The highest BCUT2D eigenvalue weighted by Gasteiger charge is 2.17. The average molecular weight is 306 g/mol. The largest absolute Gasteiger partial charge is 0.299 e. The van der Waals surface area contributed by atoms with Crippen LogP contribution in [0.4, 0.5) is 0 Å². The molecule has 0 saturated heterocycles. The van der Waals surface area contributed by atoms with Gasteiger partial charge in [0.25, 0.3) is 0 Å². The van der Waals surface area contributed by atoms with E-state index < -0.39 is 0 Å². The van der Waals surface area contributed by atoms with Gasteiger partial charge in [-0.2, -0.15) is 5.10 Å².